The van der Waals surface area contributed by atoms with Gasteiger partial charge >= 0.3 is 5.97 Å². The van der Waals surface area contributed by atoms with Gasteiger partial charge in [0, 0.05) is 5.75 Å². The summed E-state index contributed by atoms with van der Waals surface area (Å²) in [6.45, 7) is -0.536. The Labute approximate surface area is 166 Å². The highest BCUT2D eigenvalue weighted by Gasteiger charge is 2.25. The van der Waals surface area contributed by atoms with Crippen LogP contribution in [0.1, 0.15) is 12.8 Å². The molecule has 0 saturated heterocycles. The third-order valence-corrected chi connectivity index (χ3v) is 4.28. The number of hydrogen-bond acceptors (Lipinski definition) is 8. The molecule has 11 nitrogen and oxygen atoms in total. The van der Waals surface area contributed by atoms with Crippen LogP contribution in [0.15, 0.2) is 0 Å². The molecule has 0 heterocycles. The third kappa shape index (κ3) is 10.7. The molecule has 0 aromatic carbocycles. The van der Waals surface area contributed by atoms with Crippen LogP contribution in [0.5, 0.6) is 0 Å². The van der Waals surface area contributed by atoms with Crippen LogP contribution in [0.2, 0.25) is 0 Å². The van der Waals surface area contributed by atoms with Gasteiger partial charge in [0.05, 0.1) is 19.0 Å². The second-order valence-corrected chi connectivity index (χ2v) is 6.83. The van der Waals surface area contributed by atoms with E-state index in [0.29, 0.717) is 12.2 Å². The lowest BCUT2D eigenvalue weighted by Crippen LogP contribution is -2.54. The molecule has 0 rings (SSSR count). The Morgan fingerprint density at radius 3 is 2.22 bits per heavy atom. The summed E-state index contributed by atoms with van der Waals surface area (Å²) in [4.78, 5) is 57.7. The minimum atomic E-state index is -1.49. The van der Waals surface area contributed by atoms with E-state index in [1.54, 1.807) is 0 Å². The van der Waals surface area contributed by atoms with Crippen LogP contribution in [-0.4, -0.2) is 77.1 Å². The second-order valence-electron chi connectivity index (χ2n) is 5.48. The lowest BCUT2D eigenvalue weighted by atomic mass is 10.2. The zero-order valence-electron chi connectivity index (χ0n) is 14.8. The van der Waals surface area contributed by atoms with Crippen molar-refractivity contribution in [2.45, 2.75) is 31.0 Å². The molecule has 13 heteroatoms. The Balaban J connectivity index is 4.72. The highest BCUT2D eigenvalue weighted by molar-refractivity contribution is 7.98. The Morgan fingerprint density at radius 2 is 1.74 bits per heavy atom. The highest BCUT2D eigenvalue weighted by atomic mass is 32.2. The average Bonchev–Trinajstić information content (AvgIpc) is 2.60. The van der Waals surface area contributed by atoms with Crippen molar-refractivity contribution in [3.05, 3.63) is 0 Å². The predicted octanol–water partition coefficient (Wildman–Crippen LogP) is -2.96. The standard InChI is InChI=1S/C14H25N5O6S2/c1-27-3-2-8(19-12(22)7(15)6-26)13(23)17-5-11(21)18-9(14(24)25)4-10(16)20/h7-9,26H,2-6,15H2,1H3,(H2,16,20)(H,17,23)(H,18,21)(H,19,22)(H,24,25). The van der Waals surface area contributed by atoms with E-state index in [9.17, 15) is 24.0 Å². The molecule has 154 valence electrons. The molecule has 4 amide bonds. The van der Waals surface area contributed by atoms with E-state index in [4.69, 9.17) is 16.6 Å². The van der Waals surface area contributed by atoms with Crippen LogP contribution in [0, 0.1) is 0 Å². The maximum Gasteiger partial charge on any atom is 0.326 e. The van der Waals surface area contributed by atoms with Crippen molar-refractivity contribution in [1.82, 2.24) is 16.0 Å². The summed E-state index contributed by atoms with van der Waals surface area (Å²) in [6.07, 6.45) is 1.55. The van der Waals surface area contributed by atoms with E-state index < -0.39 is 60.7 Å². The zero-order valence-corrected chi connectivity index (χ0v) is 16.5. The van der Waals surface area contributed by atoms with Crippen LogP contribution in [0.3, 0.4) is 0 Å². The molecular formula is C14H25N5O6S2. The molecular weight excluding hydrogens is 398 g/mol. The normalized spacial score (nSPS) is 13.7. The third-order valence-electron chi connectivity index (χ3n) is 3.24. The molecule has 3 unspecified atom stereocenters. The monoisotopic (exact) mass is 423 g/mol. The molecule has 0 aliphatic rings. The topological polar surface area (TPSA) is 194 Å². The number of rotatable bonds is 13. The molecule has 0 aliphatic heterocycles. The first-order valence-corrected chi connectivity index (χ1v) is 9.88. The molecule has 0 radical (unpaired) electrons. The molecule has 0 aromatic rings. The number of thiol groups is 1. The van der Waals surface area contributed by atoms with Crippen molar-refractivity contribution >= 4 is 54.0 Å². The molecule has 27 heavy (non-hydrogen) atoms. The zero-order chi connectivity index (χ0) is 21.0. The number of amides is 4. The van der Waals surface area contributed by atoms with Crippen molar-refractivity contribution in [2.75, 3.05) is 24.3 Å². The smallest absolute Gasteiger partial charge is 0.326 e. The number of carbonyl (C=O) groups excluding carboxylic acids is 4. The van der Waals surface area contributed by atoms with Gasteiger partial charge in [-0.2, -0.15) is 24.4 Å². The molecule has 0 spiro atoms. The lowest BCUT2D eigenvalue weighted by Gasteiger charge is -2.20. The minimum Gasteiger partial charge on any atom is -0.480 e. The fourth-order valence-corrected chi connectivity index (χ4v) is 2.44. The maximum absolute atomic E-state index is 12.2. The van der Waals surface area contributed by atoms with Crippen molar-refractivity contribution in [2.24, 2.45) is 11.5 Å². The van der Waals surface area contributed by atoms with Crippen molar-refractivity contribution < 1.29 is 29.1 Å². The average molecular weight is 424 g/mol. The van der Waals surface area contributed by atoms with Crippen molar-refractivity contribution in [3.8, 4) is 0 Å². The summed E-state index contributed by atoms with van der Waals surface area (Å²) >= 11 is 5.38. The Kier molecular flexibility index (Phi) is 12.2. The van der Waals surface area contributed by atoms with Crippen LogP contribution < -0.4 is 27.4 Å². The molecule has 8 N–H and O–H groups in total. The van der Waals surface area contributed by atoms with Gasteiger partial charge in [-0.1, -0.05) is 0 Å². The van der Waals surface area contributed by atoms with Gasteiger partial charge in [0.2, 0.25) is 23.6 Å². The molecule has 0 bridgehead atoms. The van der Waals surface area contributed by atoms with Gasteiger partial charge in [0.15, 0.2) is 0 Å². The van der Waals surface area contributed by atoms with E-state index in [2.05, 4.69) is 28.6 Å². The number of aliphatic carboxylic acids is 1. The van der Waals surface area contributed by atoms with Gasteiger partial charge in [0.1, 0.15) is 12.1 Å². The summed E-state index contributed by atoms with van der Waals surface area (Å²) in [5.74, 6) is -3.66. The maximum atomic E-state index is 12.2. The Morgan fingerprint density at radius 1 is 1.11 bits per heavy atom. The number of primary amides is 1. The molecule has 0 fully saturated rings. The number of thioether (sulfide) groups is 1. The first kappa shape index (κ1) is 25.0. The number of nitrogens with one attached hydrogen (secondary N) is 3. The second kappa shape index (κ2) is 13.2. The van der Waals surface area contributed by atoms with Crippen LogP contribution >= 0.6 is 24.4 Å². The lowest BCUT2D eigenvalue weighted by molar-refractivity contribution is -0.143. The van der Waals surface area contributed by atoms with Gasteiger partial charge in [0.25, 0.3) is 0 Å². The first-order chi connectivity index (χ1) is 12.6. The summed E-state index contributed by atoms with van der Waals surface area (Å²) in [7, 11) is 0. The predicted molar refractivity (Wildman–Crippen MR) is 103 cm³/mol. The number of carboxylic acid groups (broad SMARTS) is 1. The highest BCUT2D eigenvalue weighted by Crippen LogP contribution is 2.02. The van der Waals surface area contributed by atoms with E-state index >= 15 is 0 Å². The van der Waals surface area contributed by atoms with Gasteiger partial charge in [-0.15, -0.1) is 0 Å². The molecule has 0 aliphatic carbocycles. The van der Waals surface area contributed by atoms with Gasteiger partial charge in [-0.25, -0.2) is 4.79 Å². The van der Waals surface area contributed by atoms with Crippen molar-refractivity contribution in [1.29, 1.82) is 0 Å². The Bertz CT molecular complexity index is 562. The largest absolute Gasteiger partial charge is 0.480 e. The van der Waals surface area contributed by atoms with Gasteiger partial charge in [-0.3, -0.25) is 19.2 Å². The number of nitrogens with two attached hydrogens (primary N) is 2. The van der Waals surface area contributed by atoms with E-state index in [1.807, 2.05) is 6.26 Å². The molecule has 0 aromatic heterocycles. The fourth-order valence-electron chi connectivity index (χ4n) is 1.80. The summed E-state index contributed by atoms with van der Waals surface area (Å²) < 4.78 is 0. The van der Waals surface area contributed by atoms with Crippen molar-refractivity contribution in [3.63, 3.8) is 0 Å². The summed E-state index contributed by atoms with van der Waals surface area (Å²) in [5.41, 5.74) is 10.5. The van der Waals surface area contributed by atoms with Crippen LogP contribution in [0.25, 0.3) is 0 Å². The summed E-state index contributed by atoms with van der Waals surface area (Å²) in [6, 6.07) is -3.29. The van der Waals surface area contributed by atoms with E-state index in [-0.39, 0.29) is 5.75 Å². The minimum absolute atomic E-state index is 0.0988. The quantitative estimate of drug-likeness (QED) is 0.153. The Hall–Kier alpha value is -1.99. The first-order valence-electron chi connectivity index (χ1n) is 7.86. The summed E-state index contributed by atoms with van der Waals surface area (Å²) in [5, 5.41) is 15.8. The molecule has 3 atom stereocenters. The van der Waals surface area contributed by atoms with Crippen LogP contribution in [0.4, 0.5) is 0 Å². The van der Waals surface area contributed by atoms with Gasteiger partial charge in [-0.05, 0) is 18.4 Å². The van der Waals surface area contributed by atoms with E-state index in [0.717, 1.165) is 0 Å². The SMILES string of the molecule is CSCCC(NC(=O)C(N)CS)C(=O)NCC(=O)NC(CC(N)=O)C(=O)O. The van der Waals surface area contributed by atoms with E-state index in [1.165, 1.54) is 11.8 Å². The number of carbonyl (C=O) groups is 5. The number of carboxylic acids is 1. The molecule has 0 saturated carbocycles. The van der Waals surface area contributed by atoms with Crippen LogP contribution in [-0.2, 0) is 24.0 Å². The number of hydrogen-bond donors (Lipinski definition) is 7. The van der Waals surface area contributed by atoms with Gasteiger partial charge < -0.3 is 32.5 Å². The fraction of sp³-hybridized carbons (Fsp3) is 0.643.